The number of hydrogen-bond acceptors (Lipinski definition) is 24. The largest absolute Gasteiger partial charge is 0.500 e. The molecule has 0 unspecified atom stereocenters. The lowest BCUT2D eigenvalue weighted by Gasteiger charge is -2.28. The van der Waals surface area contributed by atoms with E-state index in [1.54, 1.807) is 21.3 Å². The van der Waals surface area contributed by atoms with Crippen molar-refractivity contribution in [2.24, 2.45) is 0 Å². The Balaban J connectivity index is -0.000000522. The van der Waals surface area contributed by atoms with Gasteiger partial charge in [-0.3, -0.25) is 0 Å². The molecule has 0 spiro atoms. The van der Waals surface area contributed by atoms with Gasteiger partial charge in [-0.2, -0.15) is 0 Å². The van der Waals surface area contributed by atoms with E-state index in [0.717, 1.165) is 105 Å². The van der Waals surface area contributed by atoms with E-state index in [9.17, 15) is 0 Å². The second kappa shape index (κ2) is 62.7. The smallest absolute Gasteiger partial charge is 0.397 e. The van der Waals surface area contributed by atoms with Crippen molar-refractivity contribution in [1.29, 1.82) is 0 Å². The van der Waals surface area contributed by atoms with Crippen LogP contribution < -0.4 is 5.32 Å². The second-order valence-corrected chi connectivity index (χ2v) is 40.5. The van der Waals surface area contributed by atoms with E-state index in [-0.39, 0.29) is 0 Å². The molecule has 0 amide bonds. The molecule has 0 heterocycles. The summed E-state index contributed by atoms with van der Waals surface area (Å²) in [7, 11) is 4.65. The van der Waals surface area contributed by atoms with E-state index >= 15 is 0 Å². The van der Waals surface area contributed by atoms with Crippen LogP contribution in [0.2, 0.25) is 36.8 Å². The standard InChI is InChI=1S/C18H42O6S4Si2.C18H42O6S2Si2.C7H19NO3Si.C5H14O2Si/c1-7-19-29(20-8-2,21-9-3)17-13-15-25-27-28-26-16-14-18-30(22-10-4,23-11-5)24-12-6;1-7-19-27(20-8-2,21-9-3)17-13-15-25-26-16-14-18-28(22-10-4,23-11-5)24-12-6;1-8-6-5-7-12(9-2,10-3)11-4;1-4-6-8(3)7-5-2/h7-18H2,1-6H3;7-18H2,1-6H3;8H,5-7H2,1-4H3;8H,4-5H2,1-3H3. The minimum Gasteiger partial charge on any atom is -0.397 e. The second-order valence-electron chi connectivity index (χ2n) is 15.7. The van der Waals surface area contributed by atoms with Gasteiger partial charge in [0, 0.05) is 167 Å². The molecule has 0 aromatic carbocycles. The normalized spacial score (nSPS) is 12.3. The number of nitrogens with one attached hydrogen (secondary N) is 1. The van der Waals surface area contributed by atoms with Gasteiger partial charge < -0.3 is 80.6 Å². The van der Waals surface area contributed by atoms with Crippen LogP contribution in [0.5, 0.6) is 0 Å². The molecule has 0 radical (unpaired) electrons. The minimum absolute atomic E-state index is 0.638. The third-order valence-electron chi connectivity index (χ3n) is 10.1. The number of hydrogen-bond donors (Lipinski definition) is 1. The molecular formula is C48H117NO17S6Si6. The summed E-state index contributed by atoms with van der Waals surface area (Å²) >= 11 is 0. The third-order valence-corrected chi connectivity index (χ3v) is 36.3. The highest BCUT2D eigenvalue weighted by Gasteiger charge is 2.42. The Hall–Kier alpha value is 2.68. The molecule has 0 saturated heterocycles. The Morgan fingerprint density at radius 3 is 0.718 bits per heavy atom. The molecule has 0 aliphatic carbocycles. The van der Waals surface area contributed by atoms with Gasteiger partial charge in [-0.05, 0) is 169 Å². The Kier molecular flexibility index (Phi) is 70.1. The van der Waals surface area contributed by atoms with Crippen LogP contribution in [0, 0.1) is 0 Å². The van der Waals surface area contributed by atoms with Crippen molar-refractivity contribution in [1.82, 2.24) is 5.32 Å². The molecule has 476 valence electrons. The van der Waals surface area contributed by atoms with E-state index in [0.29, 0.717) is 79.3 Å². The lowest BCUT2D eigenvalue weighted by Crippen LogP contribution is -2.46. The molecule has 0 saturated carbocycles. The fourth-order valence-electron chi connectivity index (χ4n) is 7.18. The molecule has 30 heteroatoms. The van der Waals surface area contributed by atoms with Crippen molar-refractivity contribution in [3.05, 3.63) is 0 Å². The summed E-state index contributed by atoms with van der Waals surface area (Å²) in [5.74, 6) is 4.26. The van der Waals surface area contributed by atoms with E-state index in [1.807, 2.05) is 173 Å². The summed E-state index contributed by atoms with van der Waals surface area (Å²) in [4.78, 5) is 0. The summed E-state index contributed by atoms with van der Waals surface area (Å²) in [5, 5.41) is 3.07. The average Bonchev–Trinajstić information content (AvgIpc) is 3.41. The SMILES string of the molecule is CCO[SiH](C)OCC.CCO[Si](CCCSSCCC[Si](OCC)(OCC)OCC)(OCC)OCC.CCO[Si](CCCSSSSCCC[Si](OCC)(OCC)OCC)(OCC)OCC.CNCCC[Si](OC)(OC)OC. The van der Waals surface area contributed by atoms with Crippen molar-refractivity contribution in [3.63, 3.8) is 0 Å². The topological polar surface area (TPSA) is 169 Å². The van der Waals surface area contributed by atoms with E-state index < -0.39 is 53.3 Å². The van der Waals surface area contributed by atoms with Crippen LogP contribution in [0.4, 0.5) is 0 Å². The van der Waals surface area contributed by atoms with Crippen molar-refractivity contribution in [2.75, 3.05) is 150 Å². The van der Waals surface area contributed by atoms with Gasteiger partial charge in [0.05, 0.1) is 0 Å². The summed E-state index contributed by atoms with van der Waals surface area (Å²) < 4.78 is 97.0. The Bertz CT molecular complexity index is 1060. The van der Waals surface area contributed by atoms with Crippen LogP contribution in [0.15, 0.2) is 0 Å². The van der Waals surface area contributed by atoms with Gasteiger partial charge in [0.2, 0.25) is 0 Å². The van der Waals surface area contributed by atoms with E-state index in [2.05, 4.69) is 5.32 Å². The molecule has 0 aliphatic heterocycles. The van der Waals surface area contributed by atoms with Crippen LogP contribution in [0.3, 0.4) is 0 Å². The zero-order chi connectivity index (χ0) is 59.6. The van der Waals surface area contributed by atoms with Crippen LogP contribution in [0.25, 0.3) is 0 Å². The van der Waals surface area contributed by atoms with Crippen molar-refractivity contribution in [3.8, 4) is 0 Å². The van der Waals surface area contributed by atoms with Gasteiger partial charge in [-0.1, -0.05) is 43.2 Å². The average molecular weight is 1340 g/mol. The third kappa shape index (κ3) is 47.8. The highest BCUT2D eigenvalue weighted by atomic mass is 33.7. The first-order valence-electron chi connectivity index (χ1n) is 28.7. The predicted molar refractivity (Wildman–Crippen MR) is 352 cm³/mol. The van der Waals surface area contributed by atoms with Gasteiger partial charge in [-0.15, -0.1) is 0 Å². The Morgan fingerprint density at radius 2 is 0.526 bits per heavy atom. The molecule has 0 fully saturated rings. The fraction of sp³-hybridized carbons (Fsp3) is 1.00. The molecule has 0 bridgehead atoms. The highest BCUT2D eigenvalue weighted by molar-refractivity contribution is 9.26. The van der Waals surface area contributed by atoms with Gasteiger partial charge in [0.1, 0.15) is 0 Å². The maximum Gasteiger partial charge on any atom is 0.500 e. The van der Waals surface area contributed by atoms with Crippen LogP contribution >= 0.6 is 62.8 Å². The summed E-state index contributed by atoms with van der Waals surface area (Å²) in [5.41, 5.74) is 0. The zero-order valence-corrected chi connectivity index (χ0v) is 63.5. The molecule has 0 aliphatic rings. The van der Waals surface area contributed by atoms with Gasteiger partial charge in [0.25, 0.3) is 0 Å². The van der Waals surface area contributed by atoms with Gasteiger partial charge >= 0.3 is 53.3 Å². The Labute approximate surface area is 509 Å². The van der Waals surface area contributed by atoms with Crippen LogP contribution in [-0.2, 0) is 75.2 Å². The van der Waals surface area contributed by atoms with Crippen molar-refractivity contribution < 1.29 is 75.2 Å². The molecular weight excluding hydrogens is 1220 g/mol. The van der Waals surface area contributed by atoms with Crippen molar-refractivity contribution >= 4 is 116 Å². The first-order chi connectivity index (χ1) is 37.7. The van der Waals surface area contributed by atoms with Gasteiger partial charge in [0.15, 0.2) is 0 Å². The lowest BCUT2D eigenvalue weighted by molar-refractivity contribution is 0.0704. The highest BCUT2D eigenvalue weighted by Crippen LogP contribution is 2.44. The van der Waals surface area contributed by atoms with Crippen molar-refractivity contribution in [2.45, 2.75) is 166 Å². The minimum atomic E-state index is -2.49. The molecule has 18 nitrogen and oxygen atoms in total. The predicted octanol–water partition coefficient (Wildman–Crippen LogP) is 13.2. The van der Waals surface area contributed by atoms with Crippen LogP contribution in [0.1, 0.15) is 129 Å². The molecule has 1 N–H and O–H groups in total. The zero-order valence-electron chi connectivity index (χ0n) is 52.5. The molecule has 0 aromatic rings. The summed E-state index contributed by atoms with van der Waals surface area (Å²) in [6.45, 7) is 40.2. The van der Waals surface area contributed by atoms with E-state index in [4.69, 9.17) is 75.2 Å². The lowest BCUT2D eigenvalue weighted by atomic mass is 10.5. The molecule has 0 aromatic heterocycles. The number of rotatable bonds is 55. The maximum atomic E-state index is 5.90. The molecule has 0 atom stereocenters. The monoisotopic (exact) mass is 1340 g/mol. The summed E-state index contributed by atoms with van der Waals surface area (Å²) in [6.07, 6.45) is 5.18. The summed E-state index contributed by atoms with van der Waals surface area (Å²) in [6, 6.07) is 4.38. The molecule has 0 rings (SSSR count). The Morgan fingerprint density at radius 1 is 0.308 bits per heavy atom. The van der Waals surface area contributed by atoms with E-state index in [1.165, 1.54) is 0 Å². The maximum absolute atomic E-state index is 5.90. The quantitative estimate of drug-likeness (QED) is 0.0346. The van der Waals surface area contributed by atoms with Crippen LogP contribution in [-0.4, -0.2) is 204 Å². The van der Waals surface area contributed by atoms with Gasteiger partial charge in [-0.25, -0.2) is 0 Å². The molecule has 78 heavy (non-hydrogen) atoms. The first kappa shape index (κ1) is 87.1. The first-order valence-corrected chi connectivity index (χ1v) is 48.1. The fourth-order valence-corrected chi connectivity index (χ4v) is 29.7.